The molecule has 2 aliphatic rings. The molecular formula is C14H12Br2O2. The molecule has 18 heavy (non-hydrogen) atoms. The maximum Gasteiger partial charge on any atom is 0.173 e. The number of carbonyl (C=O) groups is 1. The van der Waals surface area contributed by atoms with E-state index in [2.05, 4.69) is 31.9 Å². The van der Waals surface area contributed by atoms with Crippen LogP contribution in [0.5, 0.6) is 5.75 Å². The highest BCUT2D eigenvalue weighted by Gasteiger charge is 2.43. The van der Waals surface area contributed by atoms with Crippen LogP contribution in [0.1, 0.15) is 24.8 Å². The van der Waals surface area contributed by atoms with Crippen molar-refractivity contribution in [1.29, 1.82) is 0 Å². The number of benzene rings is 1. The minimum atomic E-state index is 0.168. The highest BCUT2D eigenvalue weighted by atomic mass is 79.9. The molecule has 0 aliphatic heterocycles. The second-order valence-electron chi connectivity index (χ2n) is 4.90. The number of aromatic hydroxyl groups is 1. The van der Waals surface area contributed by atoms with Gasteiger partial charge in [-0.2, -0.15) is 0 Å². The van der Waals surface area contributed by atoms with Crippen molar-refractivity contribution in [2.24, 2.45) is 11.8 Å². The predicted molar refractivity (Wildman–Crippen MR) is 77.5 cm³/mol. The topological polar surface area (TPSA) is 37.3 Å². The zero-order valence-corrected chi connectivity index (χ0v) is 12.8. The molecular weight excluding hydrogens is 360 g/mol. The van der Waals surface area contributed by atoms with E-state index >= 15 is 0 Å². The Kier molecular flexibility index (Phi) is 3.10. The zero-order chi connectivity index (χ0) is 12.9. The Hall–Kier alpha value is -0.610. The van der Waals surface area contributed by atoms with Gasteiger partial charge in [-0.25, -0.2) is 0 Å². The molecule has 2 nitrogen and oxygen atoms in total. The number of fused-ring (bicyclic) bond motifs is 1. The zero-order valence-electron chi connectivity index (χ0n) is 9.62. The normalized spacial score (nSPS) is 26.9. The van der Waals surface area contributed by atoms with Crippen LogP contribution in [0.4, 0.5) is 0 Å². The summed E-state index contributed by atoms with van der Waals surface area (Å²) in [7, 11) is 0. The van der Waals surface area contributed by atoms with E-state index in [1.807, 2.05) is 12.1 Å². The van der Waals surface area contributed by atoms with E-state index in [0.29, 0.717) is 10.4 Å². The second kappa shape index (κ2) is 4.49. The first-order valence-electron chi connectivity index (χ1n) is 6.02. The lowest BCUT2D eigenvalue weighted by atomic mass is 9.90. The lowest BCUT2D eigenvalue weighted by Crippen LogP contribution is -2.10. The van der Waals surface area contributed by atoms with Gasteiger partial charge in [0.25, 0.3) is 0 Å². The summed E-state index contributed by atoms with van der Waals surface area (Å²) in [6.07, 6.45) is 3.21. The number of Topliss-reactive ketones (excluding diaryl/α,β-unsaturated/α-hetero) is 1. The molecule has 2 atom stereocenters. The average Bonchev–Trinajstić information content (AvgIpc) is 2.89. The molecule has 94 valence electrons. The summed E-state index contributed by atoms with van der Waals surface area (Å²) in [4.78, 5) is 12.2. The molecule has 2 aliphatic carbocycles. The molecule has 0 saturated heterocycles. The summed E-state index contributed by atoms with van der Waals surface area (Å²) in [5, 5.41) is 9.55. The van der Waals surface area contributed by atoms with Crippen molar-refractivity contribution < 1.29 is 9.90 Å². The van der Waals surface area contributed by atoms with Gasteiger partial charge in [0.1, 0.15) is 5.75 Å². The average molecular weight is 372 g/mol. The first kappa shape index (κ1) is 12.4. The lowest BCUT2D eigenvalue weighted by Gasteiger charge is -2.13. The Balaban J connectivity index is 2.09. The first-order valence-corrected chi connectivity index (χ1v) is 7.61. The van der Waals surface area contributed by atoms with Gasteiger partial charge in [0.2, 0.25) is 0 Å². The SMILES string of the molecule is O=C1C(Br)=C(c2ccc(O)c(Br)c2)C2CCCC12. The highest BCUT2D eigenvalue weighted by molar-refractivity contribution is 9.12. The van der Waals surface area contributed by atoms with Crippen LogP contribution in [-0.2, 0) is 4.79 Å². The summed E-state index contributed by atoms with van der Waals surface area (Å²) in [6.45, 7) is 0. The number of ketones is 1. The van der Waals surface area contributed by atoms with Gasteiger partial charge in [0.15, 0.2) is 5.78 Å². The highest BCUT2D eigenvalue weighted by Crippen LogP contribution is 2.51. The molecule has 0 bridgehead atoms. The number of hydrogen-bond acceptors (Lipinski definition) is 2. The van der Waals surface area contributed by atoms with E-state index in [0.717, 1.165) is 34.9 Å². The lowest BCUT2D eigenvalue weighted by molar-refractivity contribution is -0.118. The number of phenolic OH excluding ortho intramolecular Hbond substituents is 1. The van der Waals surface area contributed by atoms with Crippen molar-refractivity contribution in [3.05, 3.63) is 32.7 Å². The van der Waals surface area contributed by atoms with Crippen LogP contribution in [0.25, 0.3) is 5.57 Å². The number of rotatable bonds is 1. The fourth-order valence-electron chi connectivity index (χ4n) is 3.09. The van der Waals surface area contributed by atoms with Gasteiger partial charge in [0, 0.05) is 5.92 Å². The Morgan fingerprint density at radius 3 is 2.61 bits per heavy atom. The Labute approximate surface area is 122 Å². The number of allylic oxidation sites excluding steroid dienone is 2. The van der Waals surface area contributed by atoms with E-state index in [-0.39, 0.29) is 17.5 Å². The third-order valence-corrected chi connectivity index (χ3v) is 5.39. The molecule has 1 aromatic carbocycles. The molecule has 2 unspecified atom stereocenters. The van der Waals surface area contributed by atoms with E-state index < -0.39 is 0 Å². The van der Waals surface area contributed by atoms with Crippen LogP contribution in [0.3, 0.4) is 0 Å². The second-order valence-corrected chi connectivity index (χ2v) is 6.55. The van der Waals surface area contributed by atoms with Crippen molar-refractivity contribution in [3.8, 4) is 5.75 Å². The standard InChI is InChI=1S/C14H12Br2O2/c15-10-6-7(4-5-11(10)17)12-8-2-1-3-9(8)14(18)13(12)16/h4-6,8-9,17H,1-3H2. The van der Waals surface area contributed by atoms with Gasteiger partial charge in [-0.15, -0.1) is 0 Å². The van der Waals surface area contributed by atoms with Crippen molar-refractivity contribution in [3.63, 3.8) is 0 Å². The van der Waals surface area contributed by atoms with Crippen molar-refractivity contribution in [2.45, 2.75) is 19.3 Å². The number of hydrogen-bond donors (Lipinski definition) is 1. The van der Waals surface area contributed by atoms with Gasteiger partial charge in [0.05, 0.1) is 8.96 Å². The third-order valence-electron chi connectivity index (χ3n) is 3.94. The molecule has 0 radical (unpaired) electrons. The minimum absolute atomic E-state index is 0.168. The summed E-state index contributed by atoms with van der Waals surface area (Å²) in [5.74, 6) is 0.990. The number of halogens is 2. The molecule has 0 aromatic heterocycles. The van der Waals surface area contributed by atoms with Gasteiger partial charge in [-0.3, -0.25) is 4.79 Å². The van der Waals surface area contributed by atoms with Crippen LogP contribution >= 0.6 is 31.9 Å². The molecule has 0 spiro atoms. The number of carbonyl (C=O) groups excluding carboxylic acids is 1. The molecule has 0 heterocycles. The van der Waals surface area contributed by atoms with E-state index in [1.165, 1.54) is 0 Å². The molecule has 3 rings (SSSR count). The van der Waals surface area contributed by atoms with Gasteiger partial charge in [-0.1, -0.05) is 12.5 Å². The molecule has 1 N–H and O–H groups in total. The van der Waals surface area contributed by atoms with Crippen LogP contribution < -0.4 is 0 Å². The Morgan fingerprint density at radius 1 is 1.17 bits per heavy atom. The fraction of sp³-hybridized carbons (Fsp3) is 0.357. The molecule has 0 amide bonds. The smallest absolute Gasteiger partial charge is 0.173 e. The quantitative estimate of drug-likeness (QED) is 0.800. The van der Waals surface area contributed by atoms with Gasteiger partial charge >= 0.3 is 0 Å². The summed E-state index contributed by atoms with van der Waals surface area (Å²) >= 11 is 6.79. The maximum atomic E-state index is 12.2. The summed E-state index contributed by atoms with van der Waals surface area (Å²) in [5.41, 5.74) is 2.14. The van der Waals surface area contributed by atoms with Crippen molar-refractivity contribution >= 4 is 43.2 Å². The summed E-state index contributed by atoms with van der Waals surface area (Å²) in [6, 6.07) is 5.43. The third kappa shape index (κ3) is 1.77. The summed E-state index contributed by atoms with van der Waals surface area (Å²) < 4.78 is 1.40. The van der Waals surface area contributed by atoms with Crippen LogP contribution in [-0.4, -0.2) is 10.9 Å². The maximum absolute atomic E-state index is 12.2. The minimum Gasteiger partial charge on any atom is -0.507 e. The first-order chi connectivity index (χ1) is 8.59. The van der Waals surface area contributed by atoms with E-state index in [1.54, 1.807) is 6.07 Å². The van der Waals surface area contributed by atoms with Crippen LogP contribution in [0.15, 0.2) is 27.2 Å². The molecule has 1 saturated carbocycles. The monoisotopic (exact) mass is 370 g/mol. The van der Waals surface area contributed by atoms with Crippen LogP contribution in [0.2, 0.25) is 0 Å². The van der Waals surface area contributed by atoms with E-state index in [9.17, 15) is 9.90 Å². The van der Waals surface area contributed by atoms with Crippen LogP contribution in [0, 0.1) is 11.8 Å². The molecule has 4 heteroatoms. The fourth-order valence-corrected chi connectivity index (χ4v) is 4.29. The Bertz CT molecular complexity index is 563. The Morgan fingerprint density at radius 2 is 1.89 bits per heavy atom. The molecule has 1 fully saturated rings. The molecule has 1 aromatic rings. The number of phenols is 1. The van der Waals surface area contributed by atoms with Crippen molar-refractivity contribution in [2.75, 3.05) is 0 Å². The van der Waals surface area contributed by atoms with Gasteiger partial charge in [-0.05, 0) is 73.9 Å². The predicted octanol–water partition coefficient (Wildman–Crippen LogP) is 4.26. The largest absolute Gasteiger partial charge is 0.507 e. The van der Waals surface area contributed by atoms with Crippen molar-refractivity contribution in [1.82, 2.24) is 0 Å². The van der Waals surface area contributed by atoms with E-state index in [4.69, 9.17) is 0 Å². The van der Waals surface area contributed by atoms with Gasteiger partial charge < -0.3 is 5.11 Å².